The topological polar surface area (TPSA) is 55.1 Å². The monoisotopic (exact) mass is 288 g/mol. The number of carbonyl (C=O) groups is 1. The number of rotatable bonds is 3. The highest BCUT2D eigenvalue weighted by Crippen LogP contribution is 2.37. The maximum atomic E-state index is 12.7. The molecule has 0 fully saturated rings. The molecule has 0 radical (unpaired) electrons. The number of nitrogens with one attached hydrogen (secondary N) is 1. The number of hydrogen-bond acceptors (Lipinski definition) is 2. The fraction of sp³-hybridized carbons (Fsp3) is 0.444. The average molecular weight is 289 g/mol. The van der Waals surface area contributed by atoms with Crippen molar-refractivity contribution in [3.8, 4) is 0 Å². The van der Waals surface area contributed by atoms with Crippen LogP contribution < -0.4 is 11.1 Å². The Labute approximate surface area is 105 Å². The lowest BCUT2D eigenvalue weighted by molar-refractivity contribution is -0.117. The maximum absolute atomic E-state index is 12.7. The zero-order chi connectivity index (χ0) is 13.2. The van der Waals surface area contributed by atoms with Gasteiger partial charge in [0, 0.05) is 17.2 Å². The van der Waals surface area contributed by atoms with E-state index < -0.39 is 29.6 Å². The van der Waals surface area contributed by atoms with Crippen molar-refractivity contribution in [3.05, 3.63) is 22.4 Å². The summed E-state index contributed by atoms with van der Waals surface area (Å²) in [4.78, 5) is 10.5. The molecule has 3 N–H and O–H groups in total. The summed E-state index contributed by atoms with van der Waals surface area (Å²) in [5.41, 5.74) is 3.59. The largest absolute Gasteiger partial charge is 0.418 e. The van der Waals surface area contributed by atoms with E-state index in [1.54, 1.807) is 0 Å². The summed E-state index contributed by atoms with van der Waals surface area (Å²) in [6, 6.07) is 0. The van der Waals surface area contributed by atoms with E-state index in [0.29, 0.717) is 0 Å². The van der Waals surface area contributed by atoms with E-state index in [1.165, 1.54) is 0 Å². The van der Waals surface area contributed by atoms with Gasteiger partial charge in [-0.2, -0.15) is 13.2 Å². The lowest BCUT2D eigenvalue weighted by Crippen LogP contribution is -2.35. The van der Waals surface area contributed by atoms with Gasteiger partial charge in [-0.3, -0.25) is 4.79 Å². The summed E-state index contributed by atoms with van der Waals surface area (Å²) in [6.45, 7) is -0.413. The van der Waals surface area contributed by atoms with Gasteiger partial charge in [0.05, 0.1) is 17.5 Å². The second-order valence-corrected chi connectivity index (χ2v) is 4.42. The van der Waals surface area contributed by atoms with Crippen LogP contribution in [0.2, 0.25) is 0 Å². The van der Waals surface area contributed by atoms with Crippen molar-refractivity contribution in [2.75, 3.05) is 6.54 Å². The van der Waals surface area contributed by atoms with E-state index >= 15 is 0 Å². The standard InChI is InChI=1S/C9H9Cl2F3N2O/c10-4-1-5(9(12,13)14)8(6(11)2-4)16-3-7(15)17/h1,6,16H,2-3H2,(H2,15,17). The van der Waals surface area contributed by atoms with Gasteiger partial charge >= 0.3 is 6.18 Å². The van der Waals surface area contributed by atoms with Crippen LogP contribution in [0.3, 0.4) is 0 Å². The molecule has 8 heteroatoms. The minimum Gasteiger partial charge on any atom is -0.378 e. The first-order valence-electron chi connectivity index (χ1n) is 4.55. The van der Waals surface area contributed by atoms with E-state index in [2.05, 4.69) is 5.32 Å². The molecule has 0 saturated carbocycles. The summed E-state index contributed by atoms with van der Waals surface area (Å²) in [6.07, 6.45) is -3.72. The summed E-state index contributed by atoms with van der Waals surface area (Å²) >= 11 is 11.3. The van der Waals surface area contributed by atoms with E-state index in [4.69, 9.17) is 28.9 Å². The zero-order valence-corrected chi connectivity index (χ0v) is 9.96. The van der Waals surface area contributed by atoms with Gasteiger partial charge in [0.1, 0.15) is 0 Å². The Kier molecular flexibility index (Phi) is 4.32. The molecule has 1 aliphatic carbocycles. The minimum absolute atomic E-state index is 0.0157. The van der Waals surface area contributed by atoms with Crippen molar-refractivity contribution in [1.29, 1.82) is 0 Å². The highest BCUT2D eigenvalue weighted by molar-refractivity contribution is 6.31. The highest BCUT2D eigenvalue weighted by Gasteiger charge is 2.39. The van der Waals surface area contributed by atoms with Crippen molar-refractivity contribution in [1.82, 2.24) is 5.32 Å². The molecule has 0 aliphatic heterocycles. The molecule has 1 amide bonds. The number of halogens is 5. The van der Waals surface area contributed by atoms with Crippen molar-refractivity contribution < 1.29 is 18.0 Å². The maximum Gasteiger partial charge on any atom is 0.418 e. The molecule has 1 unspecified atom stereocenters. The number of alkyl halides is 4. The van der Waals surface area contributed by atoms with Gasteiger partial charge in [-0.15, -0.1) is 11.6 Å². The summed E-state index contributed by atoms with van der Waals surface area (Å²) in [7, 11) is 0. The van der Waals surface area contributed by atoms with Gasteiger partial charge in [0.25, 0.3) is 0 Å². The first-order valence-corrected chi connectivity index (χ1v) is 5.37. The number of primary amides is 1. The van der Waals surface area contributed by atoms with Crippen LogP contribution in [-0.2, 0) is 4.79 Å². The second kappa shape index (κ2) is 5.18. The normalized spacial score (nSPS) is 21.2. The molecular formula is C9H9Cl2F3N2O. The molecule has 1 atom stereocenters. The minimum atomic E-state index is -4.59. The third-order valence-electron chi connectivity index (χ3n) is 2.04. The van der Waals surface area contributed by atoms with Crippen molar-refractivity contribution in [2.24, 2.45) is 5.73 Å². The lowest BCUT2D eigenvalue weighted by Gasteiger charge is -2.24. The van der Waals surface area contributed by atoms with Crippen LogP contribution in [0.25, 0.3) is 0 Å². The molecule has 3 nitrogen and oxygen atoms in total. The Hall–Kier alpha value is -0.880. The molecule has 1 aliphatic rings. The molecule has 0 aromatic carbocycles. The smallest absolute Gasteiger partial charge is 0.378 e. The quantitative estimate of drug-likeness (QED) is 0.781. The predicted molar refractivity (Wildman–Crippen MR) is 58.5 cm³/mol. The highest BCUT2D eigenvalue weighted by atomic mass is 35.5. The molecule has 0 aromatic heterocycles. The van der Waals surface area contributed by atoms with Gasteiger partial charge in [-0.25, -0.2) is 0 Å². The van der Waals surface area contributed by atoms with E-state index in [0.717, 1.165) is 6.08 Å². The van der Waals surface area contributed by atoms with Crippen LogP contribution in [-0.4, -0.2) is 24.0 Å². The van der Waals surface area contributed by atoms with Gasteiger partial charge in [0.2, 0.25) is 5.91 Å². The number of hydrogen-bond donors (Lipinski definition) is 2. The lowest BCUT2D eigenvalue weighted by atomic mass is 10.0. The molecule has 17 heavy (non-hydrogen) atoms. The molecule has 0 bridgehead atoms. The van der Waals surface area contributed by atoms with Gasteiger partial charge in [-0.1, -0.05) is 11.6 Å². The zero-order valence-electron chi connectivity index (χ0n) is 8.44. The average Bonchev–Trinajstić information content (AvgIpc) is 2.13. The van der Waals surface area contributed by atoms with Gasteiger partial charge in [0.15, 0.2) is 0 Å². The molecular weight excluding hydrogens is 280 g/mol. The third-order valence-corrected chi connectivity index (χ3v) is 2.67. The van der Waals surface area contributed by atoms with E-state index in [-0.39, 0.29) is 17.2 Å². The predicted octanol–water partition coefficient (Wildman–Crippen LogP) is 2.01. The Morgan fingerprint density at radius 1 is 1.59 bits per heavy atom. The van der Waals surface area contributed by atoms with Crippen LogP contribution >= 0.6 is 23.2 Å². The second-order valence-electron chi connectivity index (χ2n) is 3.41. The fourth-order valence-corrected chi connectivity index (χ4v) is 2.06. The first kappa shape index (κ1) is 14.2. The Balaban J connectivity index is 3.07. The van der Waals surface area contributed by atoms with Crippen LogP contribution in [0, 0.1) is 0 Å². The SMILES string of the molecule is NC(=O)CNC1=C(C(F)(F)F)C=C(Cl)CC1Cl. The first-order chi connectivity index (χ1) is 7.71. The Bertz CT molecular complexity index is 390. The number of allylic oxidation sites excluding steroid dienone is 4. The van der Waals surface area contributed by atoms with E-state index in [9.17, 15) is 18.0 Å². The van der Waals surface area contributed by atoms with Crippen LogP contribution in [0.4, 0.5) is 13.2 Å². The number of nitrogens with two attached hydrogens (primary N) is 1. The van der Waals surface area contributed by atoms with Crippen LogP contribution in [0.15, 0.2) is 22.4 Å². The Morgan fingerprint density at radius 3 is 2.65 bits per heavy atom. The fourth-order valence-electron chi connectivity index (χ4n) is 1.36. The van der Waals surface area contributed by atoms with Crippen molar-refractivity contribution >= 4 is 29.1 Å². The molecule has 0 heterocycles. The summed E-state index contributed by atoms with van der Waals surface area (Å²) < 4.78 is 38.1. The molecule has 0 saturated heterocycles. The summed E-state index contributed by atoms with van der Waals surface area (Å²) in [5, 5.41) is 1.36. The number of carbonyl (C=O) groups excluding carboxylic acids is 1. The third kappa shape index (κ3) is 3.81. The van der Waals surface area contributed by atoms with E-state index in [1.807, 2.05) is 0 Å². The Morgan fingerprint density at radius 2 is 2.18 bits per heavy atom. The molecule has 0 spiro atoms. The molecule has 96 valence electrons. The van der Waals surface area contributed by atoms with Crippen LogP contribution in [0.5, 0.6) is 0 Å². The van der Waals surface area contributed by atoms with Gasteiger partial charge in [-0.05, 0) is 6.08 Å². The number of amides is 1. The van der Waals surface area contributed by atoms with Gasteiger partial charge < -0.3 is 11.1 Å². The van der Waals surface area contributed by atoms with Crippen molar-refractivity contribution in [3.63, 3.8) is 0 Å². The molecule has 0 aromatic rings. The van der Waals surface area contributed by atoms with Crippen molar-refractivity contribution in [2.45, 2.75) is 18.0 Å². The summed E-state index contributed by atoms with van der Waals surface area (Å²) in [5.74, 6) is -0.774. The molecule has 1 rings (SSSR count). The van der Waals surface area contributed by atoms with Crippen LogP contribution in [0.1, 0.15) is 6.42 Å².